The first-order valence-corrected chi connectivity index (χ1v) is 6.18. The number of hydrogen-bond acceptors (Lipinski definition) is 1. The van der Waals surface area contributed by atoms with Crippen LogP contribution < -0.4 is 0 Å². The summed E-state index contributed by atoms with van der Waals surface area (Å²) in [6, 6.07) is 0. The van der Waals surface area contributed by atoms with Crippen LogP contribution in [0.3, 0.4) is 0 Å². The summed E-state index contributed by atoms with van der Waals surface area (Å²) in [6.45, 7) is 3.73. The van der Waals surface area contributed by atoms with E-state index in [1.165, 1.54) is 0 Å². The smallest absolute Gasteiger partial charge is 0.171 e. The van der Waals surface area contributed by atoms with Gasteiger partial charge in [0.25, 0.3) is 0 Å². The molecule has 1 aliphatic carbocycles. The molecule has 0 heterocycles. The van der Waals surface area contributed by atoms with Gasteiger partial charge < -0.3 is 0 Å². The summed E-state index contributed by atoms with van der Waals surface area (Å²) in [5.74, 6) is -0.340. The van der Waals surface area contributed by atoms with Gasteiger partial charge in [-0.2, -0.15) is 24.9 Å². The molecule has 1 aliphatic rings. The minimum Gasteiger partial charge on any atom is -0.171 e. The van der Waals surface area contributed by atoms with E-state index in [1.807, 2.05) is 6.92 Å². The molecule has 1 fully saturated rings. The van der Waals surface area contributed by atoms with Crippen LogP contribution in [-0.2, 0) is 0 Å². The molecule has 0 N–H and O–H groups in total. The van der Waals surface area contributed by atoms with Crippen molar-refractivity contribution in [2.75, 3.05) is 5.75 Å². The summed E-state index contributed by atoms with van der Waals surface area (Å²) in [6.07, 6.45) is -2.00. The van der Waals surface area contributed by atoms with Gasteiger partial charge in [-0.1, -0.05) is 13.8 Å². The third kappa shape index (κ3) is 3.07. The first-order chi connectivity index (χ1) is 6.45. The third-order valence-corrected chi connectivity index (χ3v) is 4.20. The van der Waals surface area contributed by atoms with E-state index in [0.717, 1.165) is 18.6 Å². The third-order valence-electron chi connectivity index (χ3n) is 2.97. The highest BCUT2D eigenvalue weighted by molar-refractivity contribution is 7.99. The number of thioether (sulfide) groups is 1. The molecule has 1 rings (SSSR count). The van der Waals surface area contributed by atoms with Crippen LogP contribution in [0.1, 0.15) is 33.1 Å². The monoisotopic (exact) mass is 226 g/mol. The molecule has 14 heavy (non-hydrogen) atoms. The molecule has 0 aliphatic heterocycles. The van der Waals surface area contributed by atoms with Crippen LogP contribution in [0, 0.1) is 11.8 Å². The Hall–Kier alpha value is 0.140. The van der Waals surface area contributed by atoms with Crippen LogP contribution in [0.15, 0.2) is 0 Å². The molecule has 3 unspecified atom stereocenters. The fourth-order valence-electron chi connectivity index (χ4n) is 2.13. The lowest BCUT2D eigenvalue weighted by atomic mass is 9.80. The fourth-order valence-corrected chi connectivity index (χ4v) is 3.24. The van der Waals surface area contributed by atoms with Crippen molar-refractivity contribution in [2.24, 2.45) is 11.8 Å². The van der Waals surface area contributed by atoms with Crippen LogP contribution in [0.4, 0.5) is 13.2 Å². The van der Waals surface area contributed by atoms with E-state index in [4.69, 9.17) is 0 Å². The van der Waals surface area contributed by atoms with Crippen molar-refractivity contribution in [1.29, 1.82) is 0 Å². The maximum Gasteiger partial charge on any atom is 0.392 e. The Balaban J connectivity index is 2.55. The summed E-state index contributed by atoms with van der Waals surface area (Å²) in [4.78, 5) is 0. The van der Waals surface area contributed by atoms with Crippen molar-refractivity contribution in [3.63, 3.8) is 0 Å². The van der Waals surface area contributed by atoms with Gasteiger partial charge in [0.05, 0.1) is 5.92 Å². The zero-order chi connectivity index (χ0) is 10.8. The number of halogens is 3. The van der Waals surface area contributed by atoms with Gasteiger partial charge in [0.2, 0.25) is 0 Å². The fraction of sp³-hybridized carbons (Fsp3) is 1.00. The zero-order valence-electron chi connectivity index (χ0n) is 8.60. The second kappa shape index (κ2) is 4.77. The van der Waals surface area contributed by atoms with Gasteiger partial charge in [0.15, 0.2) is 0 Å². The predicted octanol–water partition coefficient (Wildman–Crippen LogP) is 4.11. The Labute approximate surface area is 87.6 Å². The van der Waals surface area contributed by atoms with Crippen molar-refractivity contribution in [1.82, 2.24) is 0 Å². The standard InChI is InChI=1S/C10H17F3S/c1-3-14-8-5-4-7(2)9(6-8)10(11,12)13/h7-9H,3-6H2,1-2H3. The first-order valence-electron chi connectivity index (χ1n) is 5.13. The molecular weight excluding hydrogens is 209 g/mol. The summed E-state index contributed by atoms with van der Waals surface area (Å²) in [5.41, 5.74) is 0. The molecule has 3 atom stereocenters. The Kier molecular flexibility index (Phi) is 4.16. The Morgan fingerprint density at radius 3 is 2.43 bits per heavy atom. The SMILES string of the molecule is CCSC1CCC(C)C(C(F)(F)F)C1. The first kappa shape index (κ1) is 12.2. The van der Waals surface area contributed by atoms with E-state index in [1.54, 1.807) is 18.7 Å². The molecule has 0 amide bonds. The van der Waals surface area contributed by atoms with Gasteiger partial charge in [-0.25, -0.2) is 0 Å². The summed E-state index contributed by atoms with van der Waals surface area (Å²) >= 11 is 1.67. The van der Waals surface area contributed by atoms with E-state index in [0.29, 0.717) is 6.42 Å². The molecule has 0 bridgehead atoms. The predicted molar refractivity (Wildman–Crippen MR) is 54.5 cm³/mol. The quantitative estimate of drug-likeness (QED) is 0.683. The van der Waals surface area contributed by atoms with E-state index in [-0.39, 0.29) is 11.2 Å². The molecule has 1 saturated carbocycles. The Morgan fingerprint density at radius 1 is 1.29 bits per heavy atom. The molecule has 0 saturated heterocycles. The van der Waals surface area contributed by atoms with Crippen molar-refractivity contribution in [3.8, 4) is 0 Å². The summed E-state index contributed by atoms with van der Waals surface area (Å²) < 4.78 is 37.8. The van der Waals surface area contributed by atoms with Crippen LogP contribution in [-0.4, -0.2) is 17.2 Å². The summed E-state index contributed by atoms with van der Waals surface area (Å²) in [5, 5.41) is 0.225. The van der Waals surface area contributed by atoms with Gasteiger partial charge in [0.1, 0.15) is 0 Å². The van der Waals surface area contributed by atoms with Crippen LogP contribution in [0.5, 0.6) is 0 Å². The van der Waals surface area contributed by atoms with Crippen LogP contribution in [0.2, 0.25) is 0 Å². The number of alkyl halides is 3. The molecule has 4 heteroatoms. The second-order valence-electron chi connectivity index (χ2n) is 4.02. The maximum atomic E-state index is 12.6. The van der Waals surface area contributed by atoms with E-state index in [2.05, 4.69) is 0 Å². The van der Waals surface area contributed by atoms with Gasteiger partial charge in [-0.3, -0.25) is 0 Å². The molecular formula is C10H17F3S. The van der Waals surface area contributed by atoms with Crippen LogP contribution in [0.25, 0.3) is 0 Å². The Morgan fingerprint density at radius 2 is 1.93 bits per heavy atom. The van der Waals surface area contributed by atoms with Crippen molar-refractivity contribution < 1.29 is 13.2 Å². The molecule has 84 valence electrons. The molecule has 0 aromatic heterocycles. The van der Waals surface area contributed by atoms with Crippen molar-refractivity contribution >= 4 is 11.8 Å². The highest BCUT2D eigenvalue weighted by Gasteiger charge is 2.45. The number of hydrogen-bond donors (Lipinski definition) is 0. The summed E-state index contributed by atoms with van der Waals surface area (Å²) in [7, 11) is 0. The Bertz CT molecular complexity index is 179. The normalized spacial score (nSPS) is 34.5. The molecule has 0 spiro atoms. The lowest BCUT2D eigenvalue weighted by Gasteiger charge is -2.35. The zero-order valence-corrected chi connectivity index (χ0v) is 9.42. The van der Waals surface area contributed by atoms with E-state index >= 15 is 0 Å². The minimum absolute atomic E-state index is 0.191. The lowest BCUT2D eigenvalue weighted by molar-refractivity contribution is -0.193. The van der Waals surface area contributed by atoms with Gasteiger partial charge in [0, 0.05) is 5.25 Å². The van der Waals surface area contributed by atoms with E-state index in [9.17, 15) is 13.2 Å². The molecule has 0 aromatic rings. The van der Waals surface area contributed by atoms with Gasteiger partial charge >= 0.3 is 6.18 Å². The highest BCUT2D eigenvalue weighted by Crippen LogP contribution is 2.44. The average molecular weight is 226 g/mol. The van der Waals surface area contributed by atoms with Gasteiger partial charge in [-0.05, 0) is 30.9 Å². The van der Waals surface area contributed by atoms with Crippen molar-refractivity contribution in [3.05, 3.63) is 0 Å². The highest BCUT2D eigenvalue weighted by atomic mass is 32.2. The second-order valence-corrected chi connectivity index (χ2v) is 5.59. The number of rotatable bonds is 2. The van der Waals surface area contributed by atoms with Gasteiger partial charge in [-0.15, -0.1) is 0 Å². The maximum absolute atomic E-state index is 12.6. The van der Waals surface area contributed by atoms with Crippen LogP contribution >= 0.6 is 11.8 Å². The average Bonchev–Trinajstić information content (AvgIpc) is 2.07. The van der Waals surface area contributed by atoms with Crippen molar-refractivity contribution in [2.45, 2.75) is 44.5 Å². The lowest BCUT2D eigenvalue weighted by Crippen LogP contribution is -2.35. The largest absolute Gasteiger partial charge is 0.392 e. The topological polar surface area (TPSA) is 0 Å². The molecule has 0 radical (unpaired) electrons. The minimum atomic E-state index is -3.99. The molecule has 0 aromatic carbocycles. The molecule has 0 nitrogen and oxygen atoms in total. The van der Waals surface area contributed by atoms with E-state index < -0.39 is 12.1 Å².